The average Bonchev–Trinajstić information content (AvgIpc) is 3.53. The number of rotatable bonds is 4. The Labute approximate surface area is 184 Å². The first-order valence-corrected chi connectivity index (χ1v) is 11.2. The minimum Gasteiger partial charge on any atom is -0.326 e. The fourth-order valence-electron chi connectivity index (χ4n) is 4.23. The first-order chi connectivity index (χ1) is 15.1. The molecule has 1 aliphatic heterocycles. The molecule has 1 aliphatic rings. The van der Waals surface area contributed by atoms with Gasteiger partial charge < -0.3 is 10.2 Å². The SMILES string of the molecule is Cc1nc2cc(NC(=O)C3CCCN3C(=O)c3cccs3)ccc2n1-c1ccccc1. The molecule has 0 saturated carbocycles. The maximum absolute atomic E-state index is 13.0. The van der Waals surface area contributed by atoms with E-state index in [1.807, 2.05) is 66.9 Å². The summed E-state index contributed by atoms with van der Waals surface area (Å²) in [5.41, 5.74) is 3.53. The molecule has 1 saturated heterocycles. The van der Waals surface area contributed by atoms with E-state index in [9.17, 15) is 9.59 Å². The van der Waals surface area contributed by atoms with E-state index in [1.54, 1.807) is 11.0 Å². The summed E-state index contributed by atoms with van der Waals surface area (Å²) in [6, 6.07) is 19.0. The number of aryl methyl sites for hydroxylation is 1. The third-order valence-corrected chi connectivity index (χ3v) is 6.51. The average molecular weight is 431 g/mol. The Hall–Kier alpha value is -3.45. The number of aromatic nitrogens is 2. The molecule has 3 heterocycles. The van der Waals surface area contributed by atoms with Crippen molar-refractivity contribution in [1.29, 1.82) is 0 Å². The second-order valence-electron chi connectivity index (χ2n) is 7.66. The highest BCUT2D eigenvalue weighted by Gasteiger charge is 2.35. The summed E-state index contributed by atoms with van der Waals surface area (Å²) in [6.45, 7) is 2.58. The number of likely N-dealkylation sites (tertiary alicyclic amines) is 1. The van der Waals surface area contributed by atoms with Crippen molar-refractivity contribution >= 4 is 39.9 Å². The number of nitrogens with zero attached hydrogens (tertiary/aromatic N) is 3. The van der Waals surface area contributed by atoms with E-state index in [0.29, 0.717) is 23.5 Å². The highest BCUT2D eigenvalue weighted by Crippen LogP contribution is 2.26. The highest BCUT2D eigenvalue weighted by molar-refractivity contribution is 7.12. The molecule has 2 aromatic carbocycles. The number of hydrogen-bond acceptors (Lipinski definition) is 4. The second kappa shape index (κ2) is 8.00. The van der Waals surface area contributed by atoms with Gasteiger partial charge in [-0.1, -0.05) is 24.3 Å². The van der Waals surface area contributed by atoms with E-state index >= 15 is 0 Å². The third kappa shape index (κ3) is 3.61. The van der Waals surface area contributed by atoms with Crippen molar-refractivity contribution in [2.75, 3.05) is 11.9 Å². The van der Waals surface area contributed by atoms with Gasteiger partial charge >= 0.3 is 0 Å². The van der Waals surface area contributed by atoms with Crippen LogP contribution in [0.2, 0.25) is 0 Å². The van der Waals surface area contributed by atoms with Crippen LogP contribution in [-0.4, -0.2) is 38.9 Å². The van der Waals surface area contributed by atoms with Crippen LogP contribution in [0.3, 0.4) is 0 Å². The predicted octanol–water partition coefficient (Wildman–Crippen LogP) is 4.64. The van der Waals surface area contributed by atoms with E-state index in [4.69, 9.17) is 0 Å². The van der Waals surface area contributed by atoms with Crippen LogP contribution < -0.4 is 5.32 Å². The lowest BCUT2D eigenvalue weighted by Crippen LogP contribution is -2.42. The van der Waals surface area contributed by atoms with Gasteiger partial charge in [-0.05, 0) is 61.5 Å². The molecule has 0 bridgehead atoms. The zero-order valence-corrected chi connectivity index (χ0v) is 17.9. The zero-order chi connectivity index (χ0) is 21.4. The van der Waals surface area contributed by atoms with Gasteiger partial charge in [-0.2, -0.15) is 0 Å². The number of hydrogen-bond donors (Lipinski definition) is 1. The standard InChI is InChI=1S/C24H22N4O2S/c1-16-25-19-15-17(11-12-20(19)28(16)18-7-3-2-4-8-18)26-23(29)21-9-5-13-27(21)24(30)22-10-6-14-31-22/h2-4,6-8,10-12,14-15,21H,5,9,13H2,1H3,(H,26,29). The molecule has 2 amide bonds. The molecule has 1 fully saturated rings. The Kier molecular flexibility index (Phi) is 5.03. The summed E-state index contributed by atoms with van der Waals surface area (Å²) in [5.74, 6) is 0.662. The maximum atomic E-state index is 13.0. The van der Waals surface area contributed by atoms with E-state index in [2.05, 4.69) is 14.9 Å². The molecule has 31 heavy (non-hydrogen) atoms. The zero-order valence-electron chi connectivity index (χ0n) is 17.1. The van der Waals surface area contributed by atoms with E-state index in [1.165, 1.54) is 11.3 Å². The van der Waals surface area contributed by atoms with Crippen molar-refractivity contribution in [2.24, 2.45) is 0 Å². The van der Waals surface area contributed by atoms with Crippen molar-refractivity contribution in [2.45, 2.75) is 25.8 Å². The Bertz CT molecular complexity index is 1250. The fourth-order valence-corrected chi connectivity index (χ4v) is 4.91. The molecule has 0 aliphatic carbocycles. The van der Waals surface area contributed by atoms with Crippen LogP contribution in [0.4, 0.5) is 5.69 Å². The number of fused-ring (bicyclic) bond motifs is 1. The van der Waals surface area contributed by atoms with E-state index in [0.717, 1.165) is 29.0 Å². The van der Waals surface area contributed by atoms with Crippen molar-refractivity contribution in [3.8, 4) is 5.69 Å². The summed E-state index contributed by atoms with van der Waals surface area (Å²) >= 11 is 1.41. The summed E-state index contributed by atoms with van der Waals surface area (Å²) in [7, 11) is 0. The van der Waals surface area contributed by atoms with Gasteiger partial charge in [0.05, 0.1) is 15.9 Å². The first-order valence-electron chi connectivity index (χ1n) is 10.3. The van der Waals surface area contributed by atoms with Gasteiger partial charge in [0.15, 0.2) is 0 Å². The second-order valence-corrected chi connectivity index (χ2v) is 8.60. The molecule has 1 unspecified atom stereocenters. The largest absolute Gasteiger partial charge is 0.326 e. The van der Waals surface area contributed by atoms with Gasteiger partial charge in [0.1, 0.15) is 11.9 Å². The minimum absolute atomic E-state index is 0.0691. The molecule has 6 nitrogen and oxygen atoms in total. The monoisotopic (exact) mass is 430 g/mol. The summed E-state index contributed by atoms with van der Waals surface area (Å²) in [4.78, 5) is 32.8. The normalized spacial score (nSPS) is 16.0. The Morgan fingerprint density at radius 1 is 1.10 bits per heavy atom. The number of thiophene rings is 1. The molecule has 4 aromatic rings. The van der Waals surface area contributed by atoms with Crippen molar-refractivity contribution in [3.05, 3.63) is 76.7 Å². The number of anilines is 1. The van der Waals surface area contributed by atoms with Gasteiger partial charge in [-0.3, -0.25) is 14.2 Å². The van der Waals surface area contributed by atoms with Gasteiger partial charge in [-0.15, -0.1) is 11.3 Å². The first kappa shape index (κ1) is 19.5. The minimum atomic E-state index is -0.450. The molecule has 0 spiro atoms. The molecule has 1 atom stereocenters. The Morgan fingerprint density at radius 2 is 1.94 bits per heavy atom. The van der Waals surface area contributed by atoms with Gasteiger partial charge in [0.2, 0.25) is 5.91 Å². The lowest BCUT2D eigenvalue weighted by molar-refractivity contribution is -0.119. The number of para-hydroxylation sites is 1. The number of benzene rings is 2. The molecule has 1 N–H and O–H groups in total. The van der Waals surface area contributed by atoms with Crippen LogP contribution >= 0.6 is 11.3 Å². The van der Waals surface area contributed by atoms with Gasteiger partial charge in [0.25, 0.3) is 5.91 Å². The molecule has 0 radical (unpaired) electrons. The van der Waals surface area contributed by atoms with Gasteiger partial charge in [-0.25, -0.2) is 4.98 Å². The van der Waals surface area contributed by atoms with Crippen LogP contribution in [-0.2, 0) is 4.79 Å². The molecule has 156 valence electrons. The summed E-state index contributed by atoms with van der Waals surface area (Å²) < 4.78 is 2.10. The maximum Gasteiger partial charge on any atom is 0.264 e. The molecular weight excluding hydrogens is 408 g/mol. The quantitative estimate of drug-likeness (QED) is 0.513. The Morgan fingerprint density at radius 3 is 2.71 bits per heavy atom. The van der Waals surface area contributed by atoms with Crippen LogP contribution in [0.5, 0.6) is 0 Å². The molecular formula is C24H22N4O2S. The lowest BCUT2D eigenvalue weighted by Gasteiger charge is -2.23. The number of imidazole rings is 1. The number of carbonyl (C=O) groups is 2. The smallest absolute Gasteiger partial charge is 0.264 e. The van der Waals surface area contributed by atoms with Crippen molar-refractivity contribution in [3.63, 3.8) is 0 Å². The third-order valence-electron chi connectivity index (χ3n) is 5.65. The molecule has 5 rings (SSSR count). The molecule has 2 aromatic heterocycles. The van der Waals surface area contributed by atoms with Crippen LogP contribution in [0.25, 0.3) is 16.7 Å². The fraction of sp³-hybridized carbons (Fsp3) is 0.208. The topological polar surface area (TPSA) is 67.2 Å². The van der Waals surface area contributed by atoms with Crippen LogP contribution in [0.15, 0.2) is 66.0 Å². The van der Waals surface area contributed by atoms with E-state index < -0.39 is 6.04 Å². The Balaban J connectivity index is 1.38. The van der Waals surface area contributed by atoms with Crippen molar-refractivity contribution in [1.82, 2.24) is 14.5 Å². The van der Waals surface area contributed by atoms with E-state index in [-0.39, 0.29) is 11.8 Å². The van der Waals surface area contributed by atoms with Crippen LogP contribution in [0.1, 0.15) is 28.3 Å². The summed E-state index contributed by atoms with van der Waals surface area (Å²) in [5, 5.41) is 4.88. The van der Waals surface area contributed by atoms with Gasteiger partial charge in [0, 0.05) is 17.9 Å². The lowest BCUT2D eigenvalue weighted by atomic mass is 10.2. The number of amides is 2. The van der Waals surface area contributed by atoms with Crippen LogP contribution in [0, 0.1) is 6.92 Å². The number of carbonyl (C=O) groups excluding carboxylic acids is 2. The van der Waals surface area contributed by atoms with Crippen molar-refractivity contribution < 1.29 is 9.59 Å². The summed E-state index contributed by atoms with van der Waals surface area (Å²) in [6.07, 6.45) is 1.50. The number of nitrogens with one attached hydrogen (secondary N) is 1. The highest BCUT2D eigenvalue weighted by atomic mass is 32.1. The predicted molar refractivity (Wildman–Crippen MR) is 123 cm³/mol. The molecule has 7 heteroatoms.